The van der Waals surface area contributed by atoms with Gasteiger partial charge in [-0.05, 0) is 43.2 Å². The van der Waals surface area contributed by atoms with Gasteiger partial charge in [0, 0.05) is 23.1 Å². The van der Waals surface area contributed by atoms with Crippen LogP contribution in [0.15, 0.2) is 53.0 Å². The van der Waals surface area contributed by atoms with Gasteiger partial charge in [-0.15, -0.1) is 0 Å². The molecule has 6 nitrogen and oxygen atoms in total. The zero-order chi connectivity index (χ0) is 21.0. The number of likely N-dealkylation sites (tertiary alicyclic amines) is 1. The second-order valence-electron chi connectivity index (χ2n) is 7.15. The molecule has 0 saturated carbocycles. The van der Waals surface area contributed by atoms with Crippen LogP contribution in [0.1, 0.15) is 30.5 Å². The van der Waals surface area contributed by atoms with E-state index in [-0.39, 0.29) is 25.0 Å². The van der Waals surface area contributed by atoms with Crippen LogP contribution in [0.25, 0.3) is 0 Å². The standard InChI is InChI=1S/C22H23BrN2O4/c1-14-10-18(8-9-19(14)23)24-20(26)13-29-22(28)17-11-21(27)25(12-17)15(2)16-6-4-3-5-7-16/h3-10,15,17H,11-13H2,1-2H3,(H,24,26)/t15-,17-/m1/s1. The number of benzene rings is 2. The van der Waals surface area contributed by atoms with Crippen molar-refractivity contribution < 1.29 is 19.1 Å². The lowest BCUT2D eigenvalue weighted by Gasteiger charge is -2.25. The smallest absolute Gasteiger partial charge is 0.311 e. The quantitative estimate of drug-likeness (QED) is 0.666. The lowest BCUT2D eigenvalue weighted by molar-refractivity contribution is -0.151. The van der Waals surface area contributed by atoms with E-state index < -0.39 is 17.8 Å². The Labute approximate surface area is 178 Å². The Morgan fingerprint density at radius 2 is 1.97 bits per heavy atom. The number of esters is 1. The van der Waals surface area contributed by atoms with Crippen LogP contribution in [0.2, 0.25) is 0 Å². The number of amides is 2. The molecule has 3 rings (SSSR count). The van der Waals surface area contributed by atoms with Crippen molar-refractivity contribution in [1.29, 1.82) is 0 Å². The van der Waals surface area contributed by atoms with Gasteiger partial charge >= 0.3 is 5.97 Å². The van der Waals surface area contributed by atoms with Crippen molar-refractivity contribution in [3.63, 3.8) is 0 Å². The summed E-state index contributed by atoms with van der Waals surface area (Å²) in [7, 11) is 0. The fraction of sp³-hybridized carbons (Fsp3) is 0.318. The van der Waals surface area contributed by atoms with Crippen molar-refractivity contribution in [2.24, 2.45) is 5.92 Å². The Kier molecular flexibility index (Phi) is 6.69. The molecule has 2 aromatic carbocycles. The molecule has 0 radical (unpaired) electrons. The molecule has 0 unspecified atom stereocenters. The number of ether oxygens (including phenoxy) is 1. The number of carbonyl (C=O) groups is 3. The number of halogens is 1. The molecule has 152 valence electrons. The third-order valence-electron chi connectivity index (χ3n) is 5.03. The molecular weight excluding hydrogens is 436 g/mol. The SMILES string of the molecule is Cc1cc(NC(=O)COC(=O)[C@@H]2CC(=O)N([C@H](C)c3ccccc3)C2)ccc1Br. The summed E-state index contributed by atoms with van der Waals surface area (Å²) in [4.78, 5) is 38.5. The third-order valence-corrected chi connectivity index (χ3v) is 5.92. The van der Waals surface area contributed by atoms with Gasteiger partial charge in [-0.2, -0.15) is 0 Å². The van der Waals surface area contributed by atoms with Gasteiger partial charge in [-0.3, -0.25) is 14.4 Å². The summed E-state index contributed by atoms with van der Waals surface area (Å²) < 4.78 is 6.10. The number of hydrogen-bond acceptors (Lipinski definition) is 4. The highest BCUT2D eigenvalue weighted by molar-refractivity contribution is 9.10. The predicted octanol–water partition coefficient (Wildman–Crippen LogP) is 3.85. The summed E-state index contributed by atoms with van der Waals surface area (Å²) in [5.74, 6) is -1.59. The van der Waals surface area contributed by atoms with Crippen LogP contribution < -0.4 is 5.32 Å². The van der Waals surface area contributed by atoms with Crippen molar-refractivity contribution >= 4 is 39.4 Å². The van der Waals surface area contributed by atoms with Gasteiger partial charge in [0.2, 0.25) is 5.91 Å². The molecule has 0 spiro atoms. The lowest BCUT2D eigenvalue weighted by atomic mass is 10.1. The number of nitrogens with zero attached hydrogens (tertiary/aromatic N) is 1. The first kappa shape index (κ1) is 21.0. The normalized spacial score (nSPS) is 17.1. The fourth-order valence-corrected chi connectivity index (χ4v) is 3.60. The Bertz CT molecular complexity index is 916. The summed E-state index contributed by atoms with van der Waals surface area (Å²) in [5.41, 5.74) is 2.63. The lowest BCUT2D eigenvalue weighted by Crippen LogP contribution is -2.30. The van der Waals surface area contributed by atoms with Gasteiger partial charge in [-0.1, -0.05) is 46.3 Å². The summed E-state index contributed by atoms with van der Waals surface area (Å²) in [5, 5.41) is 2.70. The minimum Gasteiger partial charge on any atom is -0.455 e. The van der Waals surface area contributed by atoms with Crippen LogP contribution >= 0.6 is 15.9 Å². The van der Waals surface area contributed by atoms with E-state index in [0.29, 0.717) is 12.2 Å². The first-order valence-electron chi connectivity index (χ1n) is 9.42. The van der Waals surface area contributed by atoms with Gasteiger partial charge in [-0.25, -0.2) is 0 Å². The first-order chi connectivity index (χ1) is 13.8. The van der Waals surface area contributed by atoms with Crippen molar-refractivity contribution in [2.45, 2.75) is 26.3 Å². The maximum absolute atomic E-state index is 12.4. The van der Waals surface area contributed by atoms with E-state index in [2.05, 4.69) is 21.2 Å². The van der Waals surface area contributed by atoms with E-state index in [1.807, 2.05) is 56.3 Å². The molecule has 1 fully saturated rings. The monoisotopic (exact) mass is 458 g/mol. The second-order valence-corrected chi connectivity index (χ2v) is 8.01. The molecule has 1 N–H and O–H groups in total. The van der Waals surface area contributed by atoms with E-state index in [0.717, 1.165) is 15.6 Å². The van der Waals surface area contributed by atoms with E-state index in [1.165, 1.54) is 0 Å². The number of nitrogens with one attached hydrogen (secondary N) is 1. The van der Waals surface area contributed by atoms with Gasteiger partial charge < -0.3 is 15.0 Å². The number of hydrogen-bond donors (Lipinski definition) is 1. The molecule has 2 aromatic rings. The number of carbonyl (C=O) groups excluding carboxylic acids is 3. The molecule has 0 aliphatic carbocycles. The topological polar surface area (TPSA) is 75.7 Å². The molecule has 1 heterocycles. The summed E-state index contributed by atoms with van der Waals surface area (Å²) >= 11 is 3.40. The zero-order valence-corrected chi connectivity index (χ0v) is 17.9. The molecule has 0 bridgehead atoms. The van der Waals surface area contributed by atoms with Gasteiger partial charge in [0.15, 0.2) is 6.61 Å². The molecule has 0 aromatic heterocycles. The van der Waals surface area contributed by atoms with Gasteiger partial charge in [0.05, 0.1) is 12.0 Å². The van der Waals surface area contributed by atoms with Crippen molar-refractivity contribution in [3.8, 4) is 0 Å². The fourth-order valence-electron chi connectivity index (χ4n) is 3.35. The van der Waals surface area contributed by atoms with E-state index in [4.69, 9.17) is 4.74 Å². The zero-order valence-electron chi connectivity index (χ0n) is 16.4. The maximum atomic E-state index is 12.4. The first-order valence-corrected chi connectivity index (χ1v) is 10.2. The van der Waals surface area contributed by atoms with E-state index in [1.54, 1.807) is 11.0 Å². The molecule has 1 aliphatic heterocycles. The molecular formula is C22H23BrN2O4. The second kappa shape index (κ2) is 9.22. The Balaban J connectivity index is 1.51. The third kappa shape index (κ3) is 5.23. The molecule has 29 heavy (non-hydrogen) atoms. The highest BCUT2D eigenvalue weighted by Crippen LogP contribution is 2.29. The average molecular weight is 459 g/mol. The minimum absolute atomic E-state index is 0.0851. The molecule has 2 amide bonds. The van der Waals surface area contributed by atoms with Gasteiger partial charge in [0.25, 0.3) is 5.91 Å². The highest BCUT2D eigenvalue weighted by Gasteiger charge is 2.38. The number of aryl methyl sites for hydroxylation is 1. The minimum atomic E-state index is -0.559. The Hall–Kier alpha value is -2.67. The largest absolute Gasteiger partial charge is 0.455 e. The highest BCUT2D eigenvalue weighted by atomic mass is 79.9. The van der Waals surface area contributed by atoms with Gasteiger partial charge in [0.1, 0.15) is 0 Å². The van der Waals surface area contributed by atoms with Crippen molar-refractivity contribution in [1.82, 2.24) is 4.90 Å². The van der Waals surface area contributed by atoms with E-state index >= 15 is 0 Å². The van der Waals surface area contributed by atoms with E-state index in [9.17, 15) is 14.4 Å². The number of anilines is 1. The molecule has 1 aliphatic rings. The molecule has 2 atom stereocenters. The summed E-state index contributed by atoms with van der Waals surface area (Å²) in [6.45, 7) is 3.77. The van der Waals surface area contributed by atoms with Crippen LogP contribution in [0.3, 0.4) is 0 Å². The number of rotatable bonds is 6. The van der Waals surface area contributed by atoms with Crippen LogP contribution in [0, 0.1) is 12.8 Å². The van der Waals surface area contributed by atoms with Crippen LogP contribution in [-0.4, -0.2) is 35.8 Å². The Morgan fingerprint density at radius 1 is 1.24 bits per heavy atom. The van der Waals surface area contributed by atoms with Crippen LogP contribution in [0.4, 0.5) is 5.69 Å². The van der Waals surface area contributed by atoms with Crippen molar-refractivity contribution in [3.05, 3.63) is 64.1 Å². The summed E-state index contributed by atoms with van der Waals surface area (Å²) in [6, 6.07) is 15.0. The van der Waals surface area contributed by atoms with Crippen LogP contribution in [0.5, 0.6) is 0 Å². The maximum Gasteiger partial charge on any atom is 0.311 e. The van der Waals surface area contributed by atoms with Crippen molar-refractivity contribution in [2.75, 3.05) is 18.5 Å². The molecule has 1 saturated heterocycles. The summed E-state index contributed by atoms with van der Waals surface area (Å²) in [6.07, 6.45) is 0.101. The van der Waals surface area contributed by atoms with Crippen LogP contribution in [-0.2, 0) is 19.1 Å². The predicted molar refractivity (Wildman–Crippen MR) is 113 cm³/mol. The Morgan fingerprint density at radius 3 is 2.66 bits per heavy atom. The molecule has 7 heteroatoms. The average Bonchev–Trinajstić information content (AvgIpc) is 3.11.